The summed E-state index contributed by atoms with van der Waals surface area (Å²) in [4.78, 5) is 14.3. The average molecular weight is 222 g/mol. The molecule has 1 rings (SSSR count). The van der Waals surface area contributed by atoms with Gasteiger partial charge in [0.15, 0.2) is 0 Å². The van der Waals surface area contributed by atoms with Gasteiger partial charge in [0.2, 0.25) is 0 Å². The summed E-state index contributed by atoms with van der Waals surface area (Å²) in [7, 11) is 0. The van der Waals surface area contributed by atoms with Crippen molar-refractivity contribution in [1.29, 1.82) is 0 Å². The molecule has 0 aliphatic rings. The molecule has 1 aromatic carbocycles. The van der Waals surface area contributed by atoms with Crippen LogP contribution in [0.5, 0.6) is 0 Å². The molecule has 0 aromatic heterocycles. The molecular formula is C11H14N2O3. The Kier molecular flexibility index (Phi) is 5.65. The Morgan fingerprint density at radius 2 is 2.12 bits per heavy atom. The summed E-state index contributed by atoms with van der Waals surface area (Å²) < 4.78 is 0. The second-order valence-corrected chi connectivity index (χ2v) is 3.16. The zero-order valence-corrected chi connectivity index (χ0v) is 8.83. The Bertz CT molecular complexity index is 338. The molecule has 0 heterocycles. The fourth-order valence-electron chi connectivity index (χ4n) is 1.19. The lowest BCUT2D eigenvalue weighted by Crippen LogP contribution is -2.09. The summed E-state index contributed by atoms with van der Waals surface area (Å²) in [6.45, 7) is 0.511. The molecule has 5 nitrogen and oxygen atoms in total. The van der Waals surface area contributed by atoms with Gasteiger partial charge in [-0.25, -0.2) is 0 Å². The Hall–Kier alpha value is -1.88. The first-order valence-electron chi connectivity index (χ1n) is 5.00. The zero-order valence-electron chi connectivity index (χ0n) is 8.83. The van der Waals surface area contributed by atoms with Gasteiger partial charge in [0.25, 0.3) is 6.20 Å². The summed E-state index contributed by atoms with van der Waals surface area (Å²) in [5.74, 6) is 0. The highest BCUT2D eigenvalue weighted by Gasteiger charge is 1.91. The lowest BCUT2D eigenvalue weighted by molar-refractivity contribution is -0.403. The Labute approximate surface area is 93.8 Å². The summed E-state index contributed by atoms with van der Waals surface area (Å²) >= 11 is 0. The number of benzene rings is 1. The third kappa shape index (κ3) is 5.77. The van der Waals surface area contributed by atoms with Crippen LogP contribution in [0.4, 0.5) is 0 Å². The van der Waals surface area contributed by atoms with Crippen LogP contribution in [0.3, 0.4) is 0 Å². The van der Waals surface area contributed by atoms with Crippen LogP contribution >= 0.6 is 0 Å². The van der Waals surface area contributed by atoms with Crippen LogP contribution < -0.4 is 5.48 Å². The van der Waals surface area contributed by atoms with E-state index >= 15 is 0 Å². The first-order chi connectivity index (χ1) is 7.79. The van der Waals surface area contributed by atoms with Crippen molar-refractivity contribution in [2.45, 2.75) is 12.8 Å². The van der Waals surface area contributed by atoms with Crippen LogP contribution in [0.2, 0.25) is 0 Å². The topological polar surface area (TPSA) is 64.4 Å². The third-order valence-corrected chi connectivity index (χ3v) is 1.90. The van der Waals surface area contributed by atoms with E-state index in [0.717, 1.165) is 25.2 Å². The van der Waals surface area contributed by atoms with E-state index in [-0.39, 0.29) is 0 Å². The monoisotopic (exact) mass is 222 g/mol. The first kappa shape index (κ1) is 12.2. The van der Waals surface area contributed by atoms with Crippen molar-refractivity contribution in [2.75, 3.05) is 6.61 Å². The molecule has 1 N–H and O–H groups in total. The SMILES string of the molecule is O=[N+]([O-])C=CNOCCCc1ccccc1. The molecule has 0 atom stereocenters. The summed E-state index contributed by atoms with van der Waals surface area (Å²) in [6.07, 6.45) is 3.74. The number of nitrogens with one attached hydrogen (secondary N) is 1. The highest BCUT2D eigenvalue weighted by Crippen LogP contribution is 2.01. The summed E-state index contributed by atoms with van der Waals surface area (Å²) in [5.41, 5.74) is 3.64. The van der Waals surface area contributed by atoms with Gasteiger partial charge in [0.1, 0.15) is 0 Å². The number of nitrogens with zero attached hydrogens (tertiary/aromatic N) is 1. The molecule has 16 heavy (non-hydrogen) atoms. The number of hydrogen-bond acceptors (Lipinski definition) is 4. The number of aryl methyl sites for hydroxylation is 1. The molecule has 0 bridgehead atoms. The molecular weight excluding hydrogens is 208 g/mol. The zero-order chi connectivity index (χ0) is 11.6. The van der Waals surface area contributed by atoms with E-state index in [1.54, 1.807) is 0 Å². The van der Waals surface area contributed by atoms with E-state index in [9.17, 15) is 10.1 Å². The fourth-order valence-corrected chi connectivity index (χ4v) is 1.19. The van der Waals surface area contributed by atoms with Gasteiger partial charge < -0.3 is 0 Å². The van der Waals surface area contributed by atoms with Gasteiger partial charge in [0, 0.05) is 0 Å². The predicted octanol–water partition coefficient (Wildman–Crippen LogP) is 1.89. The molecule has 5 heteroatoms. The second kappa shape index (κ2) is 7.42. The summed E-state index contributed by atoms with van der Waals surface area (Å²) in [6, 6.07) is 10.1. The molecule has 0 fully saturated rings. The third-order valence-electron chi connectivity index (χ3n) is 1.90. The van der Waals surface area contributed by atoms with Crippen molar-refractivity contribution in [3.63, 3.8) is 0 Å². The lowest BCUT2D eigenvalue weighted by Gasteiger charge is -2.02. The van der Waals surface area contributed by atoms with Crippen molar-refractivity contribution in [3.8, 4) is 0 Å². The standard InChI is InChI=1S/C11H14N2O3/c14-13(15)9-8-12-16-10-4-7-11-5-2-1-3-6-11/h1-3,5-6,8-9,12H,4,7,10H2. The predicted molar refractivity (Wildman–Crippen MR) is 60.0 cm³/mol. The minimum absolute atomic E-state index is 0.511. The highest BCUT2D eigenvalue weighted by molar-refractivity contribution is 5.14. The number of rotatable bonds is 7. The van der Waals surface area contributed by atoms with E-state index in [1.165, 1.54) is 5.56 Å². The molecule has 86 valence electrons. The maximum atomic E-state index is 9.90. The second-order valence-electron chi connectivity index (χ2n) is 3.16. The molecule has 0 spiro atoms. The van der Waals surface area contributed by atoms with E-state index in [1.807, 2.05) is 18.2 Å². The van der Waals surface area contributed by atoms with Crippen molar-refractivity contribution in [2.24, 2.45) is 0 Å². The van der Waals surface area contributed by atoms with Crippen LogP contribution in [0, 0.1) is 10.1 Å². The van der Waals surface area contributed by atoms with Crippen molar-refractivity contribution in [1.82, 2.24) is 5.48 Å². The summed E-state index contributed by atoms with van der Waals surface area (Å²) in [5, 5.41) is 9.90. The molecule has 1 aromatic rings. The largest absolute Gasteiger partial charge is 0.276 e. The van der Waals surface area contributed by atoms with Crippen molar-refractivity contribution < 1.29 is 9.76 Å². The lowest BCUT2D eigenvalue weighted by atomic mass is 10.1. The van der Waals surface area contributed by atoms with Gasteiger partial charge in [-0.05, 0) is 18.4 Å². The number of nitro groups is 1. The van der Waals surface area contributed by atoms with Crippen molar-refractivity contribution >= 4 is 0 Å². The average Bonchev–Trinajstić information content (AvgIpc) is 2.29. The van der Waals surface area contributed by atoms with Crippen LogP contribution in [0.15, 0.2) is 42.7 Å². The van der Waals surface area contributed by atoms with Gasteiger partial charge in [-0.3, -0.25) is 20.4 Å². The Balaban J connectivity index is 2.02. The molecule has 0 amide bonds. The molecule has 0 saturated carbocycles. The first-order valence-corrected chi connectivity index (χ1v) is 5.00. The minimum atomic E-state index is -0.555. The van der Waals surface area contributed by atoms with Gasteiger partial charge in [-0.1, -0.05) is 30.3 Å². The maximum Gasteiger partial charge on any atom is 0.252 e. The number of hydroxylamine groups is 1. The van der Waals surface area contributed by atoms with Crippen LogP contribution in [0.25, 0.3) is 0 Å². The van der Waals surface area contributed by atoms with Crippen LogP contribution in [-0.2, 0) is 11.3 Å². The quantitative estimate of drug-likeness (QED) is 0.434. The molecule has 0 aliphatic carbocycles. The van der Waals surface area contributed by atoms with Crippen molar-refractivity contribution in [3.05, 3.63) is 58.4 Å². The normalized spacial score (nSPS) is 10.5. The van der Waals surface area contributed by atoms with Gasteiger partial charge in [-0.15, -0.1) is 0 Å². The minimum Gasteiger partial charge on any atom is -0.276 e. The Morgan fingerprint density at radius 3 is 2.81 bits per heavy atom. The molecule has 0 saturated heterocycles. The van der Waals surface area contributed by atoms with Gasteiger partial charge >= 0.3 is 0 Å². The smallest absolute Gasteiger partial charge is 0.252 e. The molecule has 0 radical (unpaired) electrons. The molecule has 0 aliphatic heterocycles. The van der Waals surface area contributed by atoms with Crippen LogP contribution in [0.1, 0.15) is 12.0 Å². The van der Waals surface area contributed by atoms with Crippen LogP contribution in [-0.4, -0.2) is 11.5 Å². The van der Waals surface area contributed by atoms with Gasteiger partial charge in [0.05, 0.1) is 17.7 Å². The highest BCUT2D eigenvalue weighted by atomic mass is 16.6. The maximum absolute atomic E-state index is 9.90. The van der Waals surface area contributed by atoms with E-state index in [4.69, 9.17) is 4.84 Å². The van der Waals surface area contributed by atoms with E-state index < -0.39 is 4.92 Å². The fraction of sp³-hybridized carbons (Fsp3) is 0.273. The van der Waals surface area contributed by atoms with E-state index in [2.05, 4.69) is 17.6 Å². The van der Waals surface area contributed by atoms with E-state index in [0.29, 0.717) is 6.61 Å². The molecule has 0 unspecified atom stereocenters. The number of hydrogen-bond donors (Lipinski definition) is 1. The Morgan fingerprint density at radius 1 is 1.38 bits per heavy atom. The van der Waals surface area contributed by atoms with Gasteiger partial charge in [-0.2, -0.15) is 0 Å².